The third-order valence-electron chi connectivity index (χ3n) is 5.18. The molecule has 0 aliphatic heterocycles. The van der Waals surface area contributed by atoms with Gasteiger partial charge in [0.2, 0.25) is 0 Å². The Bertz CT molecular complexity index is 870. The molecule has 0 saturated carbocycles. The highest BCUT2D eigenvalue weighted by molar-refractivity contribution is 5.82. The number of hydrogen-bond acceptors (Lipinski definition) is 0. The summed E-state index contributed by atoms with van der Waals surface area (Å²) in [4.78, 5) is 0. The van der Waals surface area contributed by atoms with Crippen LogP contribution in [0.1, 0.15) is 61.3 Å². The molecule has 0 radical (unpaired) electrons. The highest BCUT2D eigenvalue weighted by Gasteiger charge is 2.37. The molecule has 0 spiro atoms. The van der Waals surface area contributed by atoms with E-state index in [9.17, 15) is 26.3 Å². The van der Waals surface area contributed by atoms with Gasteiger partial charge in [0.05, 0.1) is 11.1 Å². The molecule has 2 aromatic carbocycles. The normalized spacial score (nSPS) is 16.9. The zero-order valence-corrected chi connectivity index (χ0v) is 15.5. The molecule has 1 atom stereocenters. The van der Waals surface area contributed by atoms with Gasteiger partial charge in [-0.25, -0.2) is 0 Å². The summed E-state index contributed by atoms with van der Waals surface area (Å²) in [6, 6.07) is 6.95. The van der Waals surface area contributed by atoms with Gasteiger partial charge in [0, 0.05) is 5.92 Å². The summed E-state index contributed by atoms with van der Waals surface area (Å²) >= 11 is 0. The van der Waals surface area contributed by atoms with E-state index in [0.29, 0.717) is 11.1 Å². The molecule has 0 heterocycles. The van der Waals surface area contributed by atoms with Crippen LogP contribution in [-0.4, -0.2) is 0 Å². The average molecular weight is 398 g/mol. The van der Waals surface area contributed by atoms with Crippen molar-refractivity contribution in [3.8, 4) is 11.1 Å². The van der Waals surface area contributed by atoms with Crippen LogP contribution in [0.15, 0.2) is 42.0 Å². The standard InChI is InChI=1S/C22H20F6/c1-3-4-6-17-13(2)9-20-18(7-5-8-19(17)20)14-10-15(21(23,24)25)12-16(11-14)22(26,27)28/h5,7-12,17H,3-4,6H2,1-2H3. The van der Waals surface area contributed by atoms with E-state index < -0.39 is 23.5 Å². The number of alkyl halides is 6. The zero-order valence-electron chi connectivity index (χ0n) is 15.5. The van der Waals surface area contributed by atoms with Crippen LogP contribution in [0.25, 0.3) is 17.2 Å². The van der Waals surface area contributed by atoms with Crippen LogP contribution in [0.5, 0.6) is 0 Å². The van der Waals surface area contributed by atoms with E-state index in [1.165, 1.54) is 0 Å². The van der Waals surface area contributed by atoms with Crippen LogP contribution < -0.4 is 0 Å². The van der Waals surface area contributed by atoms with Gasteiger partial charge in [-0.05, 0) is 53.8 Å². The summed E-state index contributed by atoms with van der Waals surface area (Å²) in [5.41, 5.74) is 0.501. The summed E-state index contributed by atoms with van der Waals surface area (Å²) in [6.45, 7) is 4.03. The highest BCUT2D eigenvalue weighted by atomic mass is 19.4. The molecule has 1 aliphatic rings. The second-order valence-electron chi connectivity index (χ2n) is 7.19. The Kier molecular flexibility index (Phi) is 5.34. The number of halogens is 6. The van der Waals surface area contributed by atoms with Crippen molar-refractivity contribution >= 4 is 6.08 Å². The lowest BCUT2D eigenvalue weighted by Gasteiger charge is -2.17. The van der Waals surface area contributed by atoms with Crippen LogP contribution in [0, 0.1) is 0 Å². The molecule has 28 heavy (non-hydrogen) atoms. The Morgan fingerprint density at radius 3 is 2.04 bits per heavy atom. The molecular weight excluding hydrogens is 378 g/mol. The topological polar surface area (TPSA) is 0 Å². The predicted molar refractivity (Wildman–Crippen MR) is 97.8 cm³/mol. The van der Waals surface area contributed by atoms with Gasteiger partial charge in [0.15, 0.2) is 0 Å². The molecular formula is C22H20F6. The first-order valence-electron chi connectivity index (χ1n) is 9.13. The van der Waals surface area contributed by atoms with Crippen molar-refractivity contribution in [2.75, 3.05) is 0 Å². The van der Waals surface area contributed by atoms with Gasteiger partial charge in [0.1, 0.15) is 0 Å². The fourth-order valence-electron chi connectivity index (χ4n) is 3.78. The van der Waals surface area contributed by atoms with Crippen molar-refractivity contribution in [2.45, 2.75) is 51.4 Å². The molecule has 0 aromatic heterocycles. The van der Waals surface area contributed by atoms with Crippen molar-refractivity contribution in [1.29, 1.82) is 0 Å². The van der Waals surface area contributed by atoms with E-state index >= 15 is 0 Å². The van der Waals surface area contributed by atoms with E-state index in [0.717, 1.165) is 42.5 Å². The van der Waals surface area contributed by atoms with Gasteiger partial charge in [-0.1, -0.05) is 49.6 Å². The summed E-state index contributed by atoms with van der Waals surface area (Å²) < 4.78 is 79.3. The SMILES string of the molecule is CCCCC1C(C)=Cc2c(-c3cc(C(F)(F)F)cc(C(F)(F)F)c3)cccc21. The van der Waals surface area contributed by atoms with E-state index in [4.69, 9.17) is 0 Å². The van der Waals surface area contributed by atoms with E-state index in [2.05, 4.69) is 6.92 Å². The number of allylic oxidation sites excluding steroid dienone is 1. The Hall–Kier alpha value is -2.24. The molecule has 0 fully saturated rings. The molecule has 0 saturated heterocycles. The van der Waals surface area contributed by atoms with Gasteiger partial charge in [-0.2, -0.15) is 26.3 Å². The molecule has 6 heteroatoms. The maximum atomic E-state index is 13.2. The van der Waals surface area contributed by atoms with Crippen molar-refractivity contribution < 1.29 is 26.3 Å². The zero-order chi connectivity index (χ0) is 20.7. The predicted octanol–water partition coefficient (Wildman–Crippen LogP) is 8.08. The van der Waals surface area contributed by atoms with E-state index in [1.54, 1.807) is 12.1 Å². The van der Waals surface area contributed by atoms with Crippen LogP contribution >= 0.6 is 0 Å². The minimum atomic E-state index is -4.86. The smallest absolute Gasteiger partial charge is 0.166 e. The summed E-state index contributed by atoms with van der Waals surface area (Å²) in [7, 11) is 0. The first kappa shape index (κ1) is 20.5. The van der Waals surface area contributed by atoms with Crippen LogP contribution in [0.3, 0.4) is 0 Å². The summed E-state index contributed by atoms with van der Waals surface area (Å²) in [5.74, 6) is 0.155. The second-order valence-corrected chi connectivity index (χ2v) is 7.19. The molecule has 0 N–H and O–H groups in total. The van der Waals surface area contributed by atoms with Gasteiger partial charge < -0.3 is 0 Å². The first-order valence-corrected chi connectivity index (χ1v) is 9.13. The maximum absolute atomic E-state index is 13.2. The molecule has 3 rings (SSSR count). The molecule has 1 unspecified atom stereocenters. The van der Waals surface area contributed by atoms with Crippen LogP contribution in [0.2, 0.25) is 0 Å². The molecule has 0 bridgehead atoms. The minimum Gasteiger partial charge on any atom is -0.166 e. The summed E-state index contributed by atoms with van der Waals surface area (Å²) in [5, 5.41) is 0. The first-order chi connectivity index (χ1) is 13.0. The quantitative estimate of drug-likeness (QED) is 0.457. The number of benzene rings is 2. The Balaban J connectivity index is 2.17. The Labute approximate surface area is 159 Å². The van der Waals surface area contributed by atoms with Crippen molar-refractivity contribution in [2.24, 2.45) is 0 Å². The number of fused-ring (bicyclic) bond motifs is 1. The summed E-state index contributed by atoms with van der Waals surface area (Å²) in [6.07, 6.45) is -4.90. The van der Waals surface area contributed by atoms with Crippen LogP contribution in [-0.2, 0) is 12.4 Å². The monoisotopic (exact) mass is 398 g/mol. The largest absolute Gasteiger partial charge is 0.416 e. The second kappa shape index (κ2) is 7.30. The Morgan fingerprint density at radius 1 is 0.893 bits per heavy atom. The van der Waals surface area contributed by atoms with Crippen LogP contribution in [0.4, 0.5) is 26.3 Å². The van der Waals surface area contributed by atoms with Gasteiger partial charge in [0.25, 0.3) is 0 Å². The minimum absolute atomic E-state index is 0.0702. The fraction of sp³-hybridized carbons (Fsp3) is 0.364. The third kappa shape index (κ3) is 3.96. The van der Waals surface area contributed by atoms with Crippen molar-refractivity contribution in [1.82, 2.24) is 0 Å². The van der Waals surface area contributed by atoms with Gasteiger partial charge in [-0.3, -0.25) is 0 Å². The highest BCUT2D eigenvalue weighted by Crippen LogP contribution is 2.45. The lowest BCUT2D eigenvalue weighted by atomic mass is 9.88. The fourth-order valence-corrected chi connectivity index (χ4v) is 3.78. The van der Waals surface area contributed by atoms with Crippen molar-refractivity contribution in [3.63, 3.8) is 0 Å². The van der Waals surface area contributed by atoms with E-state index in [-0.39, 0.29) is 17.5 Å². The maximum Gasteiger partial charge on any atom is 0.416 e. The molecule has 0 nitrogen and oxygen atoms in total. The molecule has 150 valence electrons. The number of hydrogen-bond donors (Lipinski definition) is 0. The lowest BCUT2D eigenvalue weighted by Crippen LogP contribution is -2.11. The Morgan fingerprint density at radius 2 is 1.50 bits per heavy atom. The molecule has 0 amide bonds. The lowest BCUT2D eigenvalue weighted by molar-refractivity contribution is -0.143. The average Bonchev–Trinajstić information content (AvgIpc) is 2.93. The third-order valence-corrected chi connectivity index (χ3v) is 5.18. The number of unbranched alkanes of at least 4 members (excludes halogenated alkanes) is 1. The van der Waals surface area contributed by atoms with Crippen molar-refractivity contribution in [3.05, 3.63) is 64.2 Å². The van der Waals surface area contributed by atoms with Gasteiger partial charge >= 0.3 is 12.4 Å². The van der Waals surface area contributed by atoms with Gasteiger partial charge in [-0.15, -0.1) is 0 Å². The molecule has 2 aromatic rings. The number of rotatable bonds is 4. The molecule has 1 aliphatic carbocycles. The van der Waals surface area contributed by atoms with E-state index in [1.807, 2.05) is 19.1 Å².